The number of fused-ring (bicyclic) bond motifs is 1. The summed E-state index contributed by atoms with van der Waals surface area (Å²) in [5.41, 5.74) is 12.1. The standard InChI is InChI=1S/C15H22N4O4/c1-8(2)11(16)14(21)23-6-5-22-7-9-3-4-10-12(9)18-15(17)19-13(10)20/h3-4,8-9,11H,5-7,16H2,1-2H3,(H3,17,18,19,20)/t9?,11-/m0/s1. The van der Waals surface area contributed by atoms with Gasteiger partial charge in [0, 0.05) is 5.92 Å². The van der Waals surface area contributed by atoms with Gasteiger partial charge in [-0.2, -0.15) is 0 Å². The summed E-state index contributed by atoms with van der Waals surface area (Å²) in [6, 6.07) is -0.626. The molecule has 0 aliphatic heterocycles. The zero-order valence-electron chi connectivity index (χ0n) is 13.2. The number of nitrogens with one attached hydrogen (secondary N) is 1. The fourth-order valence-corrected chi connectivity index (χ4v) is 2.18. The molecule has 1 unspecified atom stereocenters. The van der Waals surface area contributed by atoms with Crippen LogP contribution in [-0.4, -0.2) is 41.8 Å². The molecule has 23 heavy (non-hydrogen) atoms. The molecule has 1 aliphatic carbocycles. The van der Waals surface area contributed by atoms with Gasteiger partial charge in [0.25, 0.3) is 5.56 Å². The van der Waals surface area contributed by atoms with Crippen LogP contribution in [-0.2, 0) is 14.3 Å². The number of hydrogen-bond donors (Lipinski definition) is 3. The highest BCUT2D eigenvalue weighted by atomic mass is 16.6. The summed E-state index contributed by atoms with van der Waals surface area (Å²) < 4.78 is 10.5. The number of rotatable bonds is 7. The van der Waals surface area contributed by atoms with Gasteiger partial charge >= 0.3 is 5.97 Å². The molecular weight excluding hydrogens is 300 g/mol. The maximum absolute atomic E-state index is 11.7. The molecule has 0 radical (unpaired) electrons. The van der Waals surface area contributed by atoms with Crippen LogP contribution < -0.4 is 17.0 Å². The Kier molecular flexibility index (Phi) is 5.51. The number of esters is 1. The molecule has 126 valence electrons. The van der Waals surface area contributed by atoms with E-state index >= 15 is 0 Å². The average Bonchev–Trinajstić information content (AvgIpc) is 2.89. The Labute approximate surface area is 133 Å². The summed E-state index contributed by atoms with van der Waals surface area (Å²) in [5, 5.41) is 0. The first-order chi connectivity index (χ1) is 10.9. The largest absolute Gasteiger partial charge is 0.462 e. The van der Waals surface area contributed by atoms with E-state index in [1.165, 1.54) is 0 Å². The molecule has 0 spiro atoms. The van der Waals surface area contributed by atoms with Gasteiger partial charge in [0.1, 0.15) is 12.6 Å². The number of nitrogens with zero attached hydrogens (tertiary/aromatic N) is 1. The number of anilines is 1. The second-order valence-electron chi connectivity index (χ2n) is 5.73. The lowest BCUT2D eigenvalue weighted by molar-refractivity contribution is -0.147. The smallest absolute Gasteiger partial charge is 0.323 e. The number of carbonyl (C=O) groups excluding carboxylic acids is 1. The summed E-state index contributed by atoms with van der Waals surface area (Å²) in [6.07, 6.45) is 3.54. The number of H-pyrrole nitrogens is 1. The minimum atomic E-state index is -0.626. The van der Waals surface area contributed by atoms with Crippen LogP contribution in [0, 0.1) is 5.92 Å². The highest BCUT2D eigenvalue weighted by Gasteiger charge is 2.22. The number of aromatic amines is 1. The third-order valence-corrected chi connectivity index (χ3v) is 3.61. The molecular formula is C15H22N4O4. The third kappa shape index (κ3) is 4.17. The minimum Gasteiger partial charge on any atom is -0.462 e. The summed E-state index contributed by atoms with van der Waals surface area (Å²) >= 11 is 0. The number of nitrogens with two attached hydrogens (primary N) is 2. The second kappa shape index (κ2) is 7.38. The molecule has 8 heteroatoms. The van der Waals surface area contributed by atoms with E-state index in [1.807, 2.05) is 19.9 Å². The van der Waals surface area contributed by atoms with Crippen LogP contribution in [0.2, 0.25) is 0 Å². The average molecular weight is 322 g/mol. The summed E-state index contributed by atoms with van der Waals surface area (Å²) in [7, 11) is 0. The van der Waals surface area contributed by atoms with Gasteiger partial charge in [-0.15, -0.1) is 0 Å². The van der Waals surface area contributed by atoms with Crippen molar-refractivity contribution in [1.29, 1.82) is 0 Å². The van der Waals surface area contributed by atoms with Crippen molar-refractivity contribution in [3.63, 3.8) is 0 Å². The fraction of sp³-hybridized carbons (Fsp3) is 0.533. The summed E-state index contributed by atoms with van der Waals surface area (Å²) in [4.78, 5) is 29.9. The van der Waals surface area contributed by atoms with Gasteiger partial charge < -0.3 is 20.9 Å². The second-order valence-corrected chi connectivity index (χ2v) is 5.73. The van der Waals surface area contributed by atoms with Crippen molar-refractivity contribution in [2.24, 2.45) is 11.7 Å². The van der Waals surface area contributed by atoms with Gasteiger partial charge in [0.15, 0.2) is 0 Å². The molecule has 0 aromatic carbocycles. The Balaban J connectivity index is 1.76. The molecule has 0 saturated heterocycles. The lowest BCUT2D eigenvalue weighted by atomic mass is 10.1. The van der Waals surface area contributed by atoms with E-state index in [0.29, 0.717) is 17.9 Å². The molecule has 8 nitrogen and oxygen atoms in total. The SMILES string of the molecule is CC(C)[C@H](N)C(=O)OCCOCC1C=Cc2c1nc(N)[nH]c2=O. The molecule has 1 heterocycles. The zero-order chi connectivity index (χ0) is 17.0. The molecule has 0 bridgehead atoms. The summed E-state index contributed by atoms with van der Waals surface area (Å²) in [6.45, 7) is 4.41. The van der Waals surface area contributed by atoms with Crippen LogP contribution in [0.5, 0.6) is 0 Å². The van der Waals surface area contributed by atoms with Crippen LogP contribution in [0.15, 0.2) is 10.9 Å². The first-order valence-corrected chi connectivity index (χ1v) is 7.48. The predicted octanol–water partition coefficient (Wildman–Crippen LogP) is 0.00560. The minimum absolute atomic E-state index is 0.0261. The molecule has 1 aromatic rings. The van der Waals surface area contributed by atoms with Gasteiger partial charge in [0.2, 0.25) is 5.95 Å². The monoisotopic (exact) mass is 322 g/mol. The maximum atomic E-state index is 11.7. The predicted molar refractivity (Wildman–Crippen MR) is 85.6 cm³/mol. The molecule has 0 fully saturated rings. The molecule has 1 aliphatic rings. The third-order valence-electron chi connectivity index (χ3n) is 3.61. The van der Waals surface area contributed by atoms with Crippen LogP contribution in [0.1, 0.15) is 31.0 Å². The lowest BCUT2D eigenvalue weighted by Crippen LogP contribution is -2.37. The van der Waals surface area contributed by atoms with Gasteiger partial charge in [-0.1, -0.05) is 26.0 Å². The van der Waals surface area contributed by atoms with Crippen LogP contribution in [0.4, 0.5) is 5.95 Å². The van der Waals surface area contributed by atoms with Crippen molar-refractivity contribution >= 4 is 18.0 Å². The van der Waals surface area contributed by atoms with Crippen molar-refractivity contribution in [3.05, 3.63) is 27.7 Å². The Morgan fingerprint density at radius 3 is 2.87 bits per heavy atom. The summed E-state index contributed by atoms with van der Waals surface area (Å²) in [5.74, 6) is -0.462. The molecule has 0 amide bonds. The van der Waals surface area contributed by atoms with E-state index in [4.69, 9.17) is 20.9 Å². The number of hydrogen-bond acceptors (Lipinski definition) is 7. The van der Waals surface area contributed by atoms with E-state index in [9.17, 15) is 9.59 Å². The normalized spacial score (nSPS) is 17.3. The number of carbonyl (C=O) groups is 1. The van der Waals surface area contributed by atoms with Crippen molar-refractivity contribution in [2.75, 3.05) is 25.6 Å². The van der Waals surface area contributed by atoms with E-state index in [-0.39, 0.29) is 36.6 Å². The van der Waals surface area contributed by atoms with E-state index in [0.717, 1.165) is 0 Å². The van der Waals surface area contributed by atoms with Gasteiger partial charge in [-0.05, 0) is 5.92 Å². The first-order valence-electron chi connectivity index (χ1n) is 7.48. The Morgan fingerprint density at radius 2 is 2.17 bits per heavy atom. The van der Waals surface area contributed by atoms with Gasteiger partial charge in [0.05, 0.1) is 24.5 Å². The van der Waals surface area contributed by atoms with Gasteiger partial charge in [-0.3, -0.25) is 14.6 Å². The van der Waals surface area contributed by atoms with Crippen molar-refractivity contribution in [2.45, 2.75) is 25.8 Å². The number of nitrogen functional groups attached to an aromatic ring is 1. The van der Waals surface area contributed by atoms with Crippen molar-refractivity contribution < 1.29 is 14.3 Å². The zero-order valence-corrected chi connectivity index (χ0v) is 13.2. The first kappa shape index (κ1) is 17.2. The number of ether oxygens (including phenoxy) is 2. The van der Waals surface area contributed by atoms with E-state index < -0.39 is 12.0 Å². The highest BCUT2D eigenvalue weighted by molar-refractivity contribution is 5.75. The molecule has 2 rings (SSSR count). The lowest BCUT2D eigenvalue weighted by Gasteiger charge is -2.15. The van der Waals surface area contributed by atoms with Crippen LogP contribution >= 0.6 is 0 Å². The molecule has 5 N–H and O–H groups in total. The molecule has 2 atom stereocenters. The van der Waals surface area contributed by atoms with Crippen molar-refractivity contribution in [1.82, 2.24) is 9.97 Å². The number of aromatic nitrogens is 2. The topological polar surface area (TPSA) is 133 Å². The van der Waals surface area contributed by atoms with Crippen LogP contribution in [0.3, 0.4) is 0 Å². The maximum Gasteiger partial charge on any atom is 0.323 e. The van der Waals surface area contributed by atoms with E-state index in [1.54, 1.807) is 6.08 Å². The Morgan fingerprint density at radius 1 is 1.43 bits per heavy atom. The fourth-order valence-electron chi connectivity index (χ4n) is 2.18. The highest BCUT2D eigenvalue weighted by Crippen LogP contribution is 2.26. The van der Waals surface area contributed by atoms with Gasteiger partial charge in [-0.25, -0.2) is 4.98 Å². The van der Waals surface area contributed by atoms with Crippen molar-refractivity contribution in [3.8, 4) is 0 Å². The Bertz CT molecular complexity index is 653. The molecule has 0 saturated carbocycles. The molecule has 1 aromatic heterocycles. The van der Waals surface area contributed by atoms with Crippen LogP contribution in [0.25, 0.3) is 6.08 Å². The van der Waals surface area contributed by atoms with E-state index in [2.05, 4.69) is 9.97 Å². The quantitative estimate of drug-likeness (QED) is 0.475. The Hall–Kier alpha value is -2.19.